The number of carbonyl (C=O) groups is 3. The maximum atomic E-state index is 13.9. The van der Waals surface area contributed by atoms with E-state index in [0.717, 1.165) is 4.88 Å². The predicted molar refractivity (Wildman–Crippen MR) is 164 cm³/mol. The van der Waals surface area contributed by atoms with Crippen molar-refractivity contribution in [1.82, 2.24) is 24.9 Å². The molecule has 13 nitrogen and oxygen atoms in total. The first-order valence-corrected chi connectivity index (χ1v) is 17.1. The summed E-state index contributed by atoms with van der Waals surface area (Å²) >= 11 is 1.43. The number of aromatic nitrogens is 2. The Labute approximate surface area is 264 Å². The van der Waals surface area contributed by atoms with Crippen LogP contribution in [0.2, 0.25) is 0 Å². The molecule has 4 heterocycles. The highest BCUT2D eigenvalue weighted by Gasteiger charge is 2.62. The highest BCUT2D eigenvalue weighted by Crippen LogP contribution is 2.45. The average Bonchev–Trinajstić information content (AvgIpc) is 3.76. The van der Waals surface area contributed by atoms with Crippen molar-refractivity contribution in [3.05, 3.63) is 42.5 Å². The van der Waals surface area contributed by atoms with Crippen LogP contribution in [0.5, 0.6) is 5.88 Å². The Bertz CT molecular complexity index is 1760. The Morgan fingerprint density at radius 1 is 1.27 bits per heavy atom. The van der Waals surface area contributed by atoms with Gasteiger partial charge in [-0.15, -0.1) is 17.9 Å². The summed E-state index contributed by atoms with van der Waals surface area (Å²) in [5.41, 5.74) is -1.13. The lowest BCUT2D eigenvalue weighted by molar-refractivity contribution is -0.150. The molecule has 3 aromatic rings. The largest absolute Gasteiger partial charge is 0.471 e. The second kappa shape index (κ2) is 11.2. The normalized spacial score (nSPS) is 25.5. The number of carbonyl (C=O) groups excluding carboxylic acids is 3. The molecule has 2 aliphatic carbocycles. The summed E-state index contributed by atoms with van der Waals surface area (Å²) in [6.07, 6.45) is 1.90. The number of amides is 3. The molecule has 0 spiro atoms. The predicted octanol–water partition coefficient (Wildman–Crippen LogP) is 2.38. The van der Waals surface area contributed by atoms with Crippen molar-refractivity contribution in [2.24, 2.45) is 11.3 Å². The summed E-state index contributed by atoms with van der Waals surface area (Å²) in [5.74, 6) is -2.49. The number of aliphatic hydroxyl groups excluding tert-OH is 1. The van der Waals surface area contributed by atoms with Crippen LogP contribution < -0.4 is 14.8 Å². The van der Waals surface area contributed by atoms with E-state index in [1.165, 1.54) is 28.6 Å². The Balaban J connectivity index is 1.28. The molecule has 3 aliphatic rings. The number of nitrogens with zero attached hydrogens (tertiary/aromatic N) is 3. The van der Waals surface area contributed by atoms with Crippen LogP contribution in [-0.4, -0.2) is 81.7 Å². The number of thiophene rings is 1. The smallest absolute Gasteiger partial charge is 0.259 e. The molecule has 3 N–H and O–H groups in total. The summed E-state index contributed by atoms with van der Waals surface area (Å²) < 4.78 is 39.0. The minimum atomic E-state index is -3.87. The quantitative estimate of drug-likeness (QED) is 0.274. The van der Waals surface area contributed by atoms with Gasteiger partial charge >= 0.3 is 0 Å². The van der Waals surface area contributed by atoms with Crippen LogP contribution in [0.25, 0.3) is 21.8 Å². The summed E-state index contributed by atoms with van der Waals surface area (Å²) in [6.45, 7) is 8.79. The lowest BCUT2D eigenvalue weighted by Gasteiger charge is -2.32. The van der Waals surface area contributed by atoms with E-state index in [-0.39, 0.29) is 25.3 Å². The van der Waals surface area contributed by atoms with Crippen LogP contribution in [0.3, 0.4) is 0 Å². The van der Waals surface area contributed by atoms with Gasteiger partial charge in [0.05, 0.1) is 22.9 Å². The second-order valence-electron chi connectivity index (χ2n) is 12.9. The Hall–Kier alpha value is -3.82. The molecule has 5 atom stereocenters. The number of furan rings is 1. The van der Waals surface area contributed by atoms with Crippen molar-refractivity contribution in [3.8, 4) is 16.5 Å². The number of rotatable bonds is 10. The molecule has 240 valence electrons. The van der Waals surface area contributed by atoms with Gasteiger partial charge < -0.3 is 24.5 Å². The van der Waals surface area contributed by atoms with E-state index in [2.05, 4.69) is 26.6 Å². The Morgan fingerprint density at radius 2 is 2.02 bits per heavy atom. The fourth-order valence-corrected chi connectivity index (χ4v) is 7.58. The van der Waals surface area contributed by atoms with Gasteiger partial charge in [0.2, 0.25) is 27.5 Å². The minimum Gasteiger partial charge on any atom is -0.471 e. The number of sulfonamides is 1. The third kappa shape index (κ3) is 5.95. The Morgan fingerprint density at radius 3 is 2.64 bits per heavy atom. The van der Waals surface area contributed by atoms with Gasteiger partial charge in [0.1, 0.15) is 35.0 Å². The topological polar surface area (TPSA) is 181 Å². The molecule has 2 saturated carbocycles. The van der Waals surface area contributed by atoms with E-state index in [1.54, 1.807) is 26.8 Å². The zero-order chi connectivity index (χ0) is 32.3. The van der Waals surface area contributed by atoms with Crippen LogP contribution in [0.15, 0.2) is 46.9 Å². The highest BCUT2D eigenvalue weighted by atomic mass is 32.2. The fraction of sp³-hybridized carbons (Fsp3) is 0.500. The lowest BCUT2D eigenvalue weighted by atomic mass is 9.88. The molecule has 3 amide bonds. The molecule has 3 aromatic heterocycles. The first-order chi connectivity index (χ1) is 21.2. The van der Waals surface area contributed by atoms with Gasteiger partial charge in [-0.05, 0) is 36.1 Å². The molecule has 1 aliphatic heterocycles. The van der Waals surface area contributed by atoms with Crippen LogP contribution in [0.1, 0.15) is 46.5 Å². The van der Waals surface area contributed by atoms with Crippen molar-refractivity contribution in [1.29, 1.82) is 0 Å². The molecule has 6 rings (SSSR count). The number of fused-ring (bicyclic) bond motifs is 1. The van der Waals surface area contributed by atoms with E-state index in [0.29, 0.717) is 29.8 Å². The number of ether oxygens (including phenoxy) is 1. The van der Waals surface area contributed by atoms with E-state index in [1.807, 2.05) is 17.5 Å². The van der Waals surface area contributed by atoms with E-state index >= 15 is 0 Å². The molecule has 0 bridgehead atoms. The van der Waals surface area contributed by atoms with E-state index in [4.69, 9.17) is 9.15 Å². The van der Waals surface area contributed by atoms with Crippen LogP contribution in [0, 0.1) is 11.3 Å². The number of hydrogen-bond donors (Lipinski definition) is 3. The molecular weight excluding hydrogens is 622 g/mol. The summed E-state index contributed by atoms with van der Waals surface area (Å²) in [6, 6.07) is 4.23. The molecule has 1 saturated heterocycles. The first kappa shape index (κ1) is 31.2. The molecule has 3 fully saturated rings. The summed E-state index contributed by atoms with van der Waals surface area (Å²) in [7, 11) is -3.87. The van der Waals surface area contributed by atoms with Crippen molar-refractivity contribution in [2.75, 3.05) is 6.54 Å². The molecule has 0 unspecified atom stereocenters. The zero-order valence-corrected chi connectivity index (χ0v) is 26.7. The molecular formula is C30H35N5O8S2. The fourth-order valence-electron chi connectivity index (χ4n) is 5.51. The van der Waals surface area contributed by atoms with Gasteiger partial charge in [0.15, 0.2) is 0 Å². The number of likely N-dealkylation sites (tertiary alicyclic amines) is 1. The van der Waals surface area contributed by atoms with Gasteiger partial charge in [-0.2, -0.15) is 0 Å². The summed E-state index contributed by atoms with van der Waals surface area (Å²) in [4.78, 5) is 52.0. The lowest BCUT2D eigenvalue weighted by Crippen LogP contribution is -2.57. The van der Waals surface area contributed by atoms with Gasteiger partial charge in [0, 0.05) is 18.4 Å². The van der Waals surface area contributed by atoms with Gasteiger partial charge in [-0.25, -0.2) is 18.4 Å². The summed E-state index contributed by atoms with van der Waals surface area (Å²) in [5, 5.41) is 14.9. The maximum Gasteiger partial charge on any atom is 0.259 e. The van der Waals surface area contributed by atoms with Crippen molar-refractivity contribution in [2.45, 2.75) is 75.5 Å². The average molecular weight is 658 g/mol. The van der Waals surface area contributed by atoms with E-state index in [9.17, 15) is 27.9 Å². The van der Waals surface area contributed by atoms with Crippen LogP contribution in [0.4, 0.5) is 0 Å². The SMILES string of the molecule is C=C[C@@H]1C[C@]1(NC(=O)[C@@H]1C[C@@H](Oc2nc3ccoc3nc2-c2cccs2)CN1C(=O)[C@@H](O)C(C)(C)C)C(=O)NS(=O)(=O)C1CC1. The molecule has 0 radical (unpaired) electrons. The van der Waals surface area contributed by atoms with Gasteiger partial charge in [0.25, 0.3) is 11.8 Å². The van der Waals surface area contributed by atoms with Crippen LogP contribution >= 0.6 is 11.3 Å². The molecule has 15 heteroatoms. The standard InChI is InChI=1S/C30H35N5O8S2/c1-5-16-14-30(16,28(39)34-45(40,41)18-8-9-18)33-24(37)20-13-17(15-35(20)27(38)23(36)29(2,3)4)43-26-22(21-7-6-12-44-21)32-25-19(31-26)10-11-42-25/h5-7,10-12,16-18,20,23,36H,1,8-9,13-15H2,2-4H3,(H,33,37)(H,34,39)/t16-,17-,20+,23-,30-/m1/s1. The highest BCUT2D eigenvalue weighted by molar-refractivity contribution is 7.91. The van der Waals surface area contributed by atoms with E-state index < -0.39 is 68.1 Å². The first-order valence-electron chi connectivity index (χ1n) is 14.7. The zero-order valence-electron chi connectivity index (χ0n) is 25.1. The van der Waals surface area contributed by atoms with Crippen LogP contribution in [-0.2, 0) is 24.4 Å². The molecule has 0 aromatic carbocycles. The van der Waals surface area contributed by atoms with Crippen molar-refractivity contribution in [3.63, 3.8) is 0 Å². The van der Waals surface area contributed by atoms with Gasteiger partial charge in [-0.3, -0.25) is 19.1 Å². The number of aliphatic hydroxyl groups is 1. The van der Waals surface area contributed by atoms with Crippen molar-refractivity contribution >= 4 is 50.3 Å². The second-order valence-corrected chi connectivity index (χ2v) is 15.8. The molecule has 45 heavy (non-hydrogen) atoms. The van der Waals surface area contributed by atoms with Gasteiger partial charge in [-0.1, -0.05) is 32.9 Å². The number of nitrogens with one attached hydrogen (secondary N) is 2. The third-order valence-electron chi connectivity index (χ3n) is 8.45. The van der Waals surface area contributed by atoms with Crippen molar-refractivity contribution < 1.29 is 37.1 Å². The Kier molecular flexibility index (Phi) is 7.77. The number of hydrogen-bond acceptors (Lipinski definition) is 11. The third-order valence-corrected chi connectivity index (χ3v) is 11.1. The monoisotopic (exact) mass is 657 g/mol. The minimum absolute atomic E-state index is 0.0141. The maximum absolute atomic E-state index is 13.9.